The van der Waals surface area contributed by atoms with Crippen LogP contribution in [0.1, 0.15) is 48.5 Å². The largest absolute Gasteiger partial charge is 0.454 e. The molecule has 0 spiro atoms. The Morgan fingerprint density at radius 1 is 1.32 bits per heavy atom. The second kappa shape index (κ2) is 6.47. The molecule has 1 atom stereocenters. The van der Waals surface area contributed by atoms with E-state index in [2.05, 4.69) is 5.16 Å². The van der Waals surface area contributed by atoms with Crippen LogP contribution in [0.15, 0.2) is 34.9 Å². The van der Waals surface area contributed by atoms with Gasteiger partial charge in [-0.25, -0.2) is 4.79 Å². The Balaban J connectivity index is 1.77. The molecule has 8 heteroatoms. The molecule has 0 bridgehead atoms. The molecular formula is C20H21N3O5. The molecule has 1 saturated heterocycles. The summed E-state index contributed by atoms with van der Waals surface area (Å²) in [6.07, 6.45) is 0.333. The number of carbonyl (C=O) groups excluding carboxylic acids is 3. The van der Waals surface area contributed by atoms with Crippen LogP contribution < -0.4 is 4.90 Å². The average Bonchev–Trinajstić information content (AvgIpc) is 3.24. The van der Waals surface area contributed by atoms with E-state index in [1.54, 1.807) is 37.3 Å². The van der Waals surface area contributed by atoms with Gasteiger partial charge in [0.2, 0.25) is 11.6 Å². The first-order valence-corrected chi connectivity index (χ1v) is 9.21. The quantitative estimate of drug-likeness (QED) is 0.753. The molecule has 2 aromatic rings. The van der Waals surface area contributed by atoms with Crippen LogP contribution in [-0.2, 0) is 20.9 Å². The van der Waals surface area contributed by atoms with Crippen LogP contribution in [0.4, 0.5) is 5.69 Å². The molecule has 2 amide bonds. The fourth-order valence-electron chi connectivity index (χ4n) is 4.11. The van der Waals surface area contributed by atoms with Crippen molar-refractivity contribution in [3.8, 4) is 0 Å². The van der Waals surface area contributed by atoms with Gasteiger partial charge in [0.15, 0.2) is 12.4 Å². The van der Waals surface area contributed by atoms with Crippen LogP contribution in [0.5, 0.6) is 0 Å². The molecule has 1 aromatic carbocycles. The summed E-state index contributed by atoms with van der Waals surface area (Å²) in [4.78, 5) is 42.3. The van der Waals surface area contributed by atoms with E-state index in [0.29, 0.717) is 22.7 Å². The number of fused-ring (bicyclic) bond motifs is 3. The molecule has 1 fully saturated rings. The molecule has 28 heavy (non-hydrogen) atoms. The predicted molar refractivity (Wildman–Crippen MR) is 98.2 cm³/mol. The Bertz CT molecular complexity index is 966. The first-order valence-electron chi connectivity index (χ1n) is 9.21. The zero-order valence-electron chi connectivity index (χ0n) is 16.0. The number of hydrogen-bond acceptors (Lipinski definition) is 6. The summed E-state index contributed by atoms with van der Waals surface area (Å²) in [5.74, 6) is -0.747. The Kier molecular flexibility index (Phi) is 4.21. The summed E-state index contributed by atoms with van der Waals surface area (Å²) in [5.41, 5.74) is 0.0266. The van der Waals surface area contributed by atoms with Crippen molar-refractivity contribution in [1.82, 2.24) is 10.1 Å². The number of amides is 2. The molecule has 8 nitrogen and oxygen atoms in total. The minimum absolute atomic E-state index is 0.120. The second-order valence-electron chi connectivity index (χ2n) is 7.34. The molecule has 0 saturated carbocycles. The minimum atomic E-state index is -1.49. The minimum Gasteiger partial charge on any atom is -0.454 e. The first kappa shape index (κ1) is 18.2. The lowest BCUT2D eigenvalue weighted by Crippen LogP contribution is -2.70. The van der Waals surface area contributed by atoms with Crippen LogP contribution in [0, 0.1) is 6.92 Å². The number of para-hydroxylation sites is 1. The average molecular weight is 383 g/mol. The molecule has 0 radical (unpaired) electrons. The smallest absolute Gasteiger partial charge is 0.354 e. The summed E-state index contributed by atoms with van der Waals surface area (Å²) in [7, 11) is 0. The third-order valence-corrected chi connectivity index (χ3v) is 5.17. The highest BCUT2D eigenvalue weighted by molar-refractivity contribution is 6.15. The van der Waals surface area contributed by atoms with Gasteiger partial charge in [-0.2, -0.15) is 0 Å². The van der Waals surface area contributed by atoms with E-state index in [1.807, 2.05) is 13.8 Å². The van der Waals surface area contributed by atoms with Crippen LogP contribution in [0.3, 0.4) is 0 Å². The van der Waals surface area contributed by atoms with Crippen LogP contribution in [-0.4, -0.2) is 39.5 Å². The van der Waals surface area contributed by atoms with Crippen LogP contribution >= 0.6 is 0 Å². The Hall–Kier alpha value is -3.16. The maximum absolute atomic E-state index is 13.3. The van der Waals surface area contributed by atoms with Crippen molar-refractivity contribution in [2.75, 3.05) is 4.90 Å². The van der Waals surface area contributed by atoms with Crippen molar-refractivity contribution in [3.63, 3.8) is 0 Å². The number of nitrogens with zero attached hydrogens (tertiary/aromatic N) is 3. The van der Waals surface area contributed by atoms with Crippen molar-refractivity contribution < 1.29 is 23.6 Å². The number of hydrogen-bond donors (Lipinski definition) is 0. The van der Waals surface area contributed by atoms with Gasteiger partial charge in [0.25, 0.3) is 5.91 Å². The van der Waals surface area contributed by atoms with E-state index in [0.717, 1.165) is 0 Å². The van der Waals surface area contributed by atoms with Gasteiger partial charge in [0.05, 0.1) is 16.9 Å². The standard InChI is InChI=1S/C20H21N3O5/c1-12(2)22-18(25)15-6-4-5-7-16(15)23-17(24)8-9-20(22,23)19(26)27-11-14-10-13(3)21-28-14/h4-7,10,12H,8-9,11H2,1-3H3. The Labute approximate surface area is 162 Å². The van der Waals surface area contributed by atoms with E-state index in [4.69, 9.17) is 9.26 Å². The highest BCUT2D eigenvalue weighted by Crippen LogP contribution is 2.46. The molecule has 2 aliphatic heterocycles. The number of benzene rings is 1. The SMILES string of the molecule is Cc1cc(COC(=O)C23CCC(=O)N2c2ccccc2C(=O)N3C(C)C)on1. The zero-order chi connectivity index (χ0) is 20.1. The topological polar surface area (TPSA) is 93.0 Å². The Morgan fingerprint density at radius 2 is 2.07 bits per heavy atom. The van der Waals surface area contributed by atoms with Crippen molar-refractivity contribution in [2.24, 2.45) is 0 Å². The van der Waals surface area contributed by atoms with E-state index in [9.17, 15) is 14.4 Å². The van der Waals surface area contributed by atoms with Gasteiger partial charge in [-0.05, 0) is 32.9 Å². The highest BCUT2D eigenvalue weighted by atomic mass is 16.6. The molecule has 0 aliphatic carbocycles. The van der Waals surface area contributed by atoms with Gasteiger partial charge in [-0.15, -0.1) is 0 Å². The number of ether oxygens (including phenoxy) is 1. The maximum atomic E-state index is 13.3. The summed E-state index contributed by atoms with van der Waals surface area (Å²) in [6.45, 7) is 5.29. The first-order chi connectivity index (χ1) is 13.4. The molecule has 146 valence electrons. The molecule has 2 aliphatic rings. The lowest BCUT2D eigenvalue weighted by molar-refractivity contribution is -0.160. The number of carbonyl (C=O) groups is 3. The molecule has 1 aromatic heterocycles. The van der Waals surface area contributed by atoms with Gasteiger partial charge in [-0.3, -0.25) is 14.5 Å². The van der Waals surface area contributed by atoms with Crippen LogP contribution in [0.25, 0.3) is 0 Å². The third kappa shape index (κ3) is 2.51. The summed E-state index contributed by atoms with van der Waals surface area (Å²) < 4.78 is 10.6. The lowest BCUT2D eigenvalue weighted by Gasteiger charge is -2.50. The number of aryl methyl sites for hydroxylation is 1. The monoisotopic (exact) mass is 383 g/mol. The fraction of sp³-hybridized carbons (Fsp3) is 0.400. The molecule has 0 N–H and O–H groups in total. The third-order valence-electron chi connectivity index (χ3n) is 5.17. The number of anilines is 1. The lowest BCUT2D eigenvalue weighted by atomic mass is 9.95. The number of esters is 1. The maximum Gasteiger partial charge on any atom is 0.354 e. The van der Waals surface area contributed by atoms with E-state index >= 15 is 0 Å². The van der Waals surface area contributed by atoms with Gasteiger partial charge < -0.3 is 14.2 Å². The molecule has 4 rings (SSSR count). The van der Waals surface area contributed by atoms with Crippen molar-refractivity contribution in [1.29, 1.82) is 0 Å². The van der Waals surface area contributed by atoms with E-state index in [1.165, 1.54) is 9.80 Å². The summed E-state index contributed by atoms with van der Waals surface area (Å²) >= 11 is 0. The van der Waals surface area contributed by atoms with Gasteiger partial charge in [0, 0.05) is 24.9 Å². The van der Waals surface area contributed by atoms with Gasteiger partial charge in [0.1, 0.15) is 0 Å². The van der Waals surface area contributed by atoms with Crippen LogP contribution in [0.2, 0.25) is 0 Å². The number of rotatable bonds is 4. The van der Waals surface area contributed by atoms with Crippen molar-refractivity contribution >= 4 is 23.5 Å². The normalized spacial score (nSPS) is 21.1. The zero-order valence-corrected chi connectivity index (χ0v) is 16.0. The molecule has 1 unspecified atom stereocenters. The molecule has 3 heterocycles. The Morgan fingerprint density at radius 3 is 2.75 bits per heavy atom. The fourth-order valence-corrected chi connectivity index (χ4v) is 4.11. The van der Waals surface area contributed by atoms with Gasteiger partial charge in [-0.1, -0.05) is 17.3 Å². The van der Waals surface area contributed by atoms with Crippen molar-refractivity contribution in [3.05, 3.63) is 47.3 Å². The highest BCUT2D eigenvalue weighted by Gasteiger charge is 2.62. The van der Waals surface area contributed by atoms with Crippen molar-refractivity contribution in [2.45, 2.75) is 51.9 Å². The van der Waals surface area contributed by atoms with E-state index < -0.39 is 11.6 Å². The number of aromatic nitrogens is 1. The molecular weight excluding hydrogens is 362 g/mol. The summed E-state index contributed by atoms with van der Waals surface area (Å²) in [6, 6.07) is 8.21. The summed E-state index contributed by atoms with van der Waals surface area (Å²) in [5, 5.41) is 3.77. The second-order valence-corrected chi connectivity index (χ2v) is 7.34. The van der Waals surface area contributed by atoms with Gasteiger partial charge >= 0.3 is 5.97 Å². The van der Waals surface area contributed by atoms with E-state index in [-0.39, 0.29) is 37.3 Å². The predicted octanol–water partition coefficient (Wildman–Crippen LogP) is 2.41.